The molecule has 12 heteroatoms. The van der Waals surface area contributed by atoms with Crippen molar-refractivity contribution in [1.29, 1.82) is 0 Å². The molecule has 0 amide bonds. The molecule has 7 nitrogen and oxygen atoms in total. The van der Waals surface area contributed by atoms with Crippen LogP contribution in [0.1, 0.15) is 36.1 Å². The topological polar surface area (TPSA) is 76.7 Å². The molecule has 3 heterocycles. The number of anilines is 1. The maximum atomic E-state index is 14.6. The van der Waals surface area contributed by atoms with Crippen LogP contribution in [0.25, 0.3) is 10.9 Å². The molecule has 0 spiro atoms. The van der Waals surface area contributed by atoms with E-state index in [-0.39, 0.29) is 18.5 Å². The second kappa shape index (κ2) is 11.3. The SMILES string of the molecule is C[C@@H]1Cc2c(ccc3[nH]ncc23)[C@@H](c2ccc(NC3CN(CCCF)C3)cc2OC(F)F)N1CC(F)(F)CO. The second-order valence-electron chi connectivity index (χ2n) is 10.4. The van der Waals surface area contributed by atoms with Crippen molar-refractivity contribution in [2.75, 3.05) is 44.8 Å². The van der Waals surface area contributed by atoms with Crippen molar-refractivity contribution in [3.8, 4) is 5.75 Å². The molecule has 1 saturated heterocycles. The number of halogens is 5. The summed E-state index contributed by atoms with van der Waals surface area (Å²) in [5.41, 5.74) is 3.27. The molecule has 0 aliphatic carbocycles. The summed E-state index contributed by atoms with van der Waals surface area (Å²) in [6.07, 6.45) is 2.58. The Morgan fingerprint density at radius 1 is 1.21 bits per heavy atom. The van der Waals surface area contributed by atoms with Crippen LogP contribution >= 0.6 is 0 Å². The number of rotatable bonds is 11. The van der Waals surface area contributed by atoms with Gasteiger partial charge in [0.2, 0.25) is 0 Å². The Kier molecular flexibility index (Phi) is 7.97. The molecule has 0 bridgehead atoms. The molecule has 1 aromatic heterocycles. The van der Waals surface area contributed by atoms with Gasteiger partial charge in [0.1, 0.15) is 12.4 Å². The first-order valence-electron chi connectivity index (χ1n) is 13.0. The van der Waals surface area contributed by atoms with Crippen molar-refractivity contribution >= 4 is 16.6 Å². The lowest BCUT2D eigenvalue weighted by Gasteiger charge is -2.44. The van der Waals surface area contributed by atoms with Crippen LogP contribution in [0.15, 0.2) is 36.5 Å². The highest BCUT2D eigenvalue weighted by Crippen LogP contribution is 2.45. The first-order valence-corrected chi connectivity index (χ1v) is 13.0. The number of H-pyrrole nitrogens is 1. The molecule has 212 valence electrons. The van der Waals surface area contributed by atoms with Crippen LogP contribution in [0.5, 0.6) is 5.75 Å². The van der Waals surface area contributed by atoms with Crippen LogP contribution in [-0.2, 0) is 6.42 Å². The third-order valence-electron chi connectivity index (χ3n) is 7.57. The zero-order chi connectivity index (χ0) is 27.7. The van der Waals surface area contributed by atoms with Gasteiger partial charge in [-0.05, 0) is 43.0 Å². The average Bonchev–Trinajstić information content (AvgIpc) is 3.35. The molecule has 5 rings (SSSR count). The van der Waals surface area contributed by atoms with E-state index in [1.165, 1.54) is 6.07 Å². The lowest BCUT2D eigenvalue weighted by molar-refractivity contribution is -0.0872. The minimum absolute atomic E-state index is 0.0689. The quantitative estimate of drug-likeness (QED) is 0.302. The maximum Gasteiger partial charge on any atom is 0.387 e. The molecule has 1 fully saturated rings. The van der Waals surface area contributed by atoms with E-state index in [2.05, 4.69) is 20.4 Å². The van der Waals surface area contributed by atoms with Crippen LogP contribution in [-0.4, -0.2) is 89.2 Å². The predicted molar refractivity (Wildman–Crippen MR) is 137 cm³/mol. The average molecular weight is 554 g/mol. The van der Waals surface area contributed by atoms with E-state index < -0.39 is 37.8 Å². The van der Waals surface area contributed by atoms with Gasteiger partial charge >= 0.3 is 6.61 Å². The van der Waals surface area contributed by atoms with Crippen molar-refractivity contribution in [3.05, 3.63) is 53.2 Å². The molecular formula is C27H32F5N5O2. The Balaban J connectivity index is 1.52. The highest BCUT2D eigenvalue weighted by molar-refractivity contribution is 5.83. The zero-order valence-electron chi connectivity index (χ0n) is 21.5. The molecule has 39 heavy (non-hydrogen) atoms. The monoisotopic (exact) mass is 553 g/mol. The Labute approximate surface area is 222 Å². The fourth-order valence-corrected chi connectivity index (χ4v) is 5.74. The number of nitrogens with one attached hydrogen (secondary N) is 2. The van der Waals surface area contributed by atoms with Gasteiger partial charge in [-0.3, -0.25) is 19.3 Å². The molecule has 0 unspecified atom stereocenters. The van der Waals surface area contributed by atoms with Gasteiger partial charge in [-0.1, -0.05) is 12.1 Å². The summed E-state index contributed by atoms with van der Waals surface area (Å²) in [5, 5.41) is 20.5. The van der Waals surface area contributed by atoms with Crippen LogP contribution < -0.4 is 10.1 Å². The summed E-state index contributed by atoms with van der Waals surface area (Å²) in [7, 11) is 0. The van der Waals surface area contributed by atoms with E-state index in [0.29, 0.717) is 49.3 Å². The fourth-order valence-electron chi connectivity index (χ4n) is 5.74. The van der Waals surface area contributed by atoms with Gasteiger partial charge in [0.05, 0.1) is 37.0 Å². The minimum Gasteiger partial charge on any atom is -0.434 e. The second-order valence-corrected chi connectivity index (χ2v) is 10.4. The number of alkyl halides is 5. The van der Waals surface area contributed by atoms with Gasteiger partial charge in [-0.25, -0.2) is 8.78 Å². The minimum atomic E-state index is -3.40. The number of aliphatic hydroxyl groups excluding tert-OH is 1. The molecular weight excluding hydrogens is 521 g/mol. The van der Waals surface area contributed by atoms with Crippen molar-refractivity contribution < 1.29 is 31.8 Å². The number of nitrogens with zero attached hydrogens (tertiary/aromatic N) is 3. The fraction of sp³-hybridized carbons (Fsp3) is 0.519. The first-order chi connectivity index (χ1) is 18.7. The van der Waals surface area contributed by atoms with Gasteiger partial charge < -0.3 is 15.2 Å². The summed E-state index contributed by atoms with van der Waals surface area (Å²) in [6, 6.07) is 7.27. The Bertz CT molecular complexity index is 1280. The molecule has 3 aromatic rings. The zero-order valence-corrected chi connectivity index (χ0v) is 21.5. The van der Waals surface area contributed by atoms with Crippen molar-refractivity contribution in [1.82, 2.24) is 20.0 Å². The number of fused-ring (bicyclic) bond motifs is 3. The smallest absolute Gasteiger partial charge is 0.387 e. The normalized spacial score (nSPS) is 20.8. The largest absolute Gasteiger partial charge is 0.434 e. The summed E-state index contributed by atoms with van der Waals surface area (Å²) in [4.78, 5) is 3.64. The number of aliphatic hydroxyl groups is 1. The first kappa shape index (κ1) is 27.6. The standard InChI is InChI=1S/C27H32F5N5O2/c1-16-9-21-19(5-6-23-22(21)11-33-35-23)25(37(16)14-27(31,32)15-38)20-4-3-17(10-24(20)39-26(29)30)34-18-12-36(13-18)8-2-7-28/h3-6,10-11,16,18,25-26,34,38H,2,7-9,12-15H2,1H3,(H,33,35)/t16-,25+/m1/s1. The van der Waals surface area contributed by atoms with E-state index in [9.17, 15) is 27.1 Å². The Hall–Kier alpha value is -2.96. The van der Waals surface area contributed by atoms with Crippen molar-refractivity contribution in [2.45, 2.75) is 50.4 Å². The van der Waals surface area contributed by atoms with Crippen molar-refractivity contribution in [2.24, 2.45) is 0 Å². The van der Waals surface area contributed by atoms with Gasteiger partial charge in [0, 0.05) is 48.4 Å². The van der Waals surface area contributed by atoms with E-state index in [1.54, 1.807) is 42.3 Å². The predicted octanol–water partition coefficient (Wildman–Crippen LogP) is 4.58. The Morgan fingerprint density at radius 3 is 2.69 bits per heavy atom. The number of benzene rings is 2. The van der Waals surface area contributed by atoms with Gasteiger partial charge in [-0.15, -0.1) is 0 Å². The molecule has 2 atom stereocenters. The maximum absolute atomic E-state index is 14.6. The summed E-state index contributed by atoms with van der Waals surface area (Å²) in [6.45, 7) is -1.73. The Morgan fingerprint density at radius 2 is 1.97 bits per heavy atom. The summed E-state index contributed by atoms with van der Waals surface area (Å²) in [5.74, 6) is -3.51. The van der Waals surface area contributed by atoms with Crippen LogP contribution in [0.2, 0.25) is 0 Å². The summed E-state index contributed by atoms with van der Waals surface area (Å²) >= 11 is 0. The summed E-state index contributed by atoms with van der Waals surface area (Å²) < 4.78 is 73.7. The third-order valence-corrected chi connectivity index (χ3v) is 7.57. The van der Waals surface area contributed by atoms with Crippen LogP contribution in [0.4, 0.5) is 27.6 Å². The van der Waals surface area contributed by atoms with E-state index in [0.717, 1.165) is 16.5 Å². The molecule has 0 radical (unpaired) electrons. The molecule has 2 aliphatic heterocycles. The molecule has 2 aliphatic rings. The number of ether oxygens (including phenoxy) is 1. The van der Waals surface area contributed by atoms with Gasteiger partial charge in [0.25, 0.3) is 5.92 Å². The van der Waals surface area contributed by atoms with Gasteiger partial charge in [-0.2, -0.15) is 13.9 Å². The third kappa shape index (κ3) is 5.82. The molecule has 3 N–H and O–H groups in total. The lowest BCUT2D eigenvalue weighted by atomic mass is 9.83. The number of likely N-dealkylation sites (tertiary alicyclic amines) is 1. The van der Waals surface area contributed by atoms with Crippen LogP contribution in [0.3, 0.4) is 0 Å². The van der Waals surface area contributed by atoms with Gasteiger partial charge in [0.15, 0.2) is 0 Å². The highest BCUT2D eigenvalue weighted by atomic mass is 19.3. The van der Waals surface area contributed by atoms with Crippen molar-refractivity contribution in [3.63, 3.8) is 0 Å². The van der Waals surface area contributed by atoms with E-state index >= 15 is 0 Å². The lowest BCUT2D eigenvalue weighted by Crippen LogP contribution is -2.54. The van der Waals surface area contributed by atoms with E-state index in [1.807, 2.05) is 0 Å². The number of aromatic nitrogens is 2. The number of aromatic amines is 1. The molecule has 2 aromatic carbocycles. The highest BCUT2D eigenvalue weighted by Gasteiger charge is 2.42. The molecule has 0 saturated carbocycles. The number of hydrogen-bond acceptors (Lipinski definition) is 6. The van der Waals surface area contributed by atoms with E-state index in [4.69, 9.17) is 4.74 Å². The van der Waals surface area contributed by atoms with Crippen LogP contribution in [0, 0.1) is 0 Å². The number of hydrogen-bond donors (Lipinski definition) is 3.